The molecule has 0 rings (SSSR count). The molecule has 2 heteroatoms. The van der Waals surface area contributed by atoms with E-state index in [2.05, 4.69) is 31.1 Å². The van der Waals surface area contributed by atoms with E-state index in [9.17, 15) is 0 Å². The molecule has 0 aliphatic rings. The Balaban J connectivity index is 3.56. The lowest BCUT2D eigenvalue weighted by atomic mass is 9.97. The Morgan fingerprint density at radius 2 is 1.90 bits per heavy atom. The van der Waals surface area contributed by atoms with Crippen LogP contribution in [0.15, 0.2) is 4.99 Å². The zero-order valence-corrected chi connectivity index (χ0v) is 7.65. The normalized spacial score (nSPS) is 13.5. The van der Waals surface area contributed by atoms with E-state index in [0.29, 0.717) is 5.41 Å². The quantitative estimate of drug-likeness (QED) is 0.437. The molecular weight excluding hydrogens is 124 g/mol. The van der Waals surface area contributed by atoms with E-state index in [1.165, 1.54) is 0 Å². The van der Waals surface area contributed by atoms with Crippen LogP contribution in [-0.2, 0) is 0 Å². The Kier molecular flexibility index (Phi) is 3.40. The smallest absolute Gasteiger partial charge is 0.0928 e. The Morgan fingerprint density at radius 1 is 1.40 bits per heavy atom. The van der Waals surface area contributed by atoms with Crippen molar-refractivity contribution >= 4 is 5.84 Å². The summed E-state index contributed by atoms with van der Waals surface area (Å²) in [5.74, 6) is 1.01. The maximum Gasteiger partial charge on any atom is 0.0928 e. The summed E-state index contributed by atoms with van der Waals surface area (Å²) >= 11 is 0. The molecule has 0 saturated carbocycles. The number of rotatable bonds is 1. The van der Waals surface area contributed by atoms with Gasteiger partial charge >= 0.3 is 0 Å². The molecule has 0 aromatic rings. The average molecular weight is 142 g/mol. The largest absolute Gasteiger partial charge is 0.374 e. The number of amidine groups is 1. The summed E-state index contributed by atoms with van der Waals surface area (Å²) in [6, 6.07) is 0. The fourth-order valence-corrected chi connectivity index (χ4v) is 0.472. The Hall–Kier alpha value is -0.530. The van der Waals surface area contributed by atoms with E-state index in [1.807, 2.05) is 6.92 Å². The number of aliphatic imine (C=N–C) groups is 1. The molecule has 1 N–H and O–H groups in total. The molecule has 0 fully saturated rings. The number of nitrogens with one attached hydrogen (secondary N) is 1. The molecule has 0 aliphatic heterocycles. The summed E-state index contributed by atoms with van der Waals surface area (Å²) in [7, 11) is 1.80. The Morgan fingerprint density at radius 3 is 2.20 bits per heavy atom. The fraction of sp³-hybridized carbons (Fsp3) is 0.875. The third-order valence-electron chi connectivity index (χ3n) is 1.21. The second-order valence-corrected chi connectivity index (χ2v) is 3.72. The third-order valence-corrected chi connectivity index (χ3v) is 1.21. The molecule has 0 aliphatic carbocycles. The topological polar surface area (TPSA) is 24.4 Å². The summed E-state index contributed by atoms with van der Waals surface area (Å²) in [5, 5.41) is 3.22. The summed E-state index contributed by atoms with van der Waals surface area (Å²) in [4.78, 5) is 4.00. The first-order valence-electron chi connectivity index (χ1n) is 3.63. The van der Waals surface area contributed by atoms with E-state index >= 15 is 0 Å². The zero-order valence-electron chi connectivity index (χ0n) is 7.65. The van der Waals surface area contributed by atoms with Crippen molar-refractivity contribution in [2.75, 3.05) is 13.6 Å². The van der Waals surface area contributed by atoms with Gasteiger partial charge in [-0.25, -0.2) is 0 Å². The predicted octanol–water partition coefficient (Wildman–Crippen LogP) is 1.67. The highest BCUT2D eigenvalue weighted by molar-refractivity contribution is 5.79. The minimum absolute atomic E-state index is 0.339. The van der Waals surface area contributed by atoms with Crippen LogP contribution in [0, 0.1) is 5.41 Å². The van der Waals surface area contributed by atoms with Crippen LogP contribution < -0.4 is 5.32 Å². The van der Waals surface area contributed by atoms with Gasteiger partial charge in [0.2, 0.25) is 0 Å². The lowest BCUT2D eigenvalue weighted by Crippen LogP contribution is -2.30. The number of hydrogen-bond donors (Lipinski definition) is 1. The van der Waals surface area contributed by atoms with Gasteiger partial charge in [-0.2, -0.15) is 0 Å². The maximum absolute atomic E-state index is 4.00. The van der Waals surface area contributed by atoms with Crippen molar-refractivity contribution in [3.05, 3.63) is 0 Å². The highest BCUT2D eigenvalue weighted by atomic mass is 15.0. The molecule has 0 bridgehead atoms. The second kappa shape index (κ2) is 3.59. The minimum atomic E-state index is 0.339. The molecular formula is C8H18N2. The van der Waals surface area contributed by atoms with Crippen molar-refractivity contribution in [1.82, 2.24) is 5.32 Å². The van der Waals surface area contributed by atoms with Crippen molar-refractivity contribution in [3.8, 4) is 0 Å². The summed E-state index contributed by atoms with van der Waals surface area (Å²) < 4.78 is 0. The highest BCUT2D eigenvalue weighted by Crippen LogP contribution is 2.09. The van der Waals surface area contributed by atoms with Gasteiger partial charge in [-0.05, 0) is 12.3 Å². The van der Waals surface area contributed by atoms with Gasteiger partial charge in [0.05, 0.1) is 5.84 Å². The van der Waals surface area contributed by atoms with Crippen LogP contribution in [-0.4, -0.2) is 19.4 Å². The van der Waals surface area contributed by atoms with Crippen LogP contribution >= 0.6 is 0 Å². The van der Waals surface area contributed by atoms with Crippen LogP contribution in [0.3, 0.4) is 0 Å². The van der Waals surface area contributed by atoms with Gasteiger partial charge in [-0.1, -0.05) is 20.8 Å². The van der Waals surface area contributed by atoms with Gasteiger partial charge < -0.3 is 5.32 Å². The first-order chi connectivity index (χ1) is 4.45. The second-order valence-electron chi connectivity index (χ2n) is 3.72. The van der Waals surface area contributed by atoms with Crippen LogP contribution in [0.5, 0.6) is 0 Å². The summed E-state index contributed by atoms with van der Waals surface area (Å²) in [6.45, 7) is 9.55. The van der Waals surface area contributed by atoms with Crippen LogP contribution in [0.4, 0.5) is 0 Å². The first kappa shape index (κ1) is 9.47. The Labute approximate surface area is 63.7 Å². The van der Waals surface area contributed by atoms with Gasteiger partial charge in [-0.3, -0.25) is 4.99 Å². The van der Waals surface area contributed by atoms with Crippen molar-refractivity contribution in [2.24, 2.45) is 10.4 Å². The van der Waals surface area contributed by atoms with Crippen molar-refractivity contribution in [3.63, 3.8) is 0 Å². The predicted molar refractivity (Wildman–Crippen MR) is 46.5 cm³/mol. The van der Waals surface area contributed by atoms with E-state index in [4.69, 9.17) is 0 Å². The first-order valence-corrected chi connectivity index (χ1v) is 3.63. The molecule has 0 spiro atoms. The van der Waals surface area contributed by atoms with E-state index in [0.717, 1.165) is 12.4 Å². The molecule has 0 radical (unpaired) electrons. The van der Waals surface area contributed by atoms with Crippen molar-refractivity contribution in [2.45, 2.75) is 27.7 Å². The van der Waals surface area contributed by atoms with Crippen LogP contribution in [0.2, 0.25) is 0 Å². The zero-order chi connectivity index (χ0) is 8.20. The molecule has 10 heavy (non-hydrogen) atoms. The van der Waals surface area contributed by atoms with Gasteiger partial charge in [0.1, 0.15) is 0 Å². The highest BCUT2D eigenvalue weighted by Gasteiger charge is 2.08. The van der Waals surface area contributed by atoms with E-state index < -0.39 is 0 Å². The monoisotopic (exact) mass is 142 g/mol. The fourth-order valence-electron chi connectivity index (χ4n) is 0.472. The van der Waals surface area contributed by atoms with Gasteiger partial charge in [0, 0.05) is 13.6 Å². The molecule has 60 valence electrons. The van der Waals surface area contributed by atoms with Crippen LogP contribution in [0.1, 0.15) is 27.7 Å². The molecule has 0 atom stereocenters. The van der Waals surface area contributed by atoms with Crippen molar-refractivity contribution in [1.29, 1.82) is 0 Å². The standard InChI is InChI=1S/C8H18N2/c1-7(9-5)10-6-8(2,3)4/h6H2,1-5H3,(H,9,10). The minimum Gasteiger partial charge on any atom is -0.374 e. The van der Waals surface area contributed by atoms with Gasteiger partial charge in [0.15, 0.2) is 0 Å². The van der Waals surface area contributed by atoms with Crippen molar-refractivity contribution < 1.29 is 0 Å². The van der Waals surface area contributed by atoms with Gasteiger partial charge in [0.25, 0.3) is 0 Å². The molecule has 0 amide bonds. The number of hydrogen-bond acceptors (Lipinski definition) is 1. The lowest BCUT2D eigenvalue weighted by Gasteiger charge is -2.18. The molecule has 0 saturated heterocycles. The average Bonchev–Trinajstić information content (AvgIpc) is 1.81. The molecule has 0 heterocycles. The molecule has 0 aromatic carbocycles. The Bertz CT molecular complexity index is 120. The SMILES string of the molecule is CN=C(C)NCC(C)(C)C. The van der Waals surface area contributed by atoms with Gasteiger partial charge in [-0.15, -0.1) is 0 Å². The van der Waals surface area contributed by atoms with Crippen LogP contribution in [0.25, 0.3) is 0 Å². The summed E-state index contributed by atoms with van der Waals surface area (Å²) in [5.41, 5.74) is 0.339. The number of nitrogens with zero attached hydrogens (tertiary/aromatic N) is 1. The maximum atomic E-state index is 4.00. The molecule has 2 nitrogen and oxygen atoms in total. The third kappa shape index (κ3) is 5.60. The lowest BCUT2D eigenvalue weighted by molar-refractivity contribution is 0.408. The molecule has 0 aromatic heterocycles. The summed E-state index contributed by atoms with van der Waals surface area (Å²) in [6.07, 6.45) is 0. The van der Waals surface area contributed by atoms with E-state index in [-0.39, 0.29) is 0 Å². The molecule has 0 unspecified atom stereocenters. The van der Waals surface area contributed by atoms with E-state index in [1.54, 1.807) is 7.05 Å².